The molecule has 1 aliphatic rings. The van der Waals surface area contributed by atoms with E-state index in [1.165, 1.54) is 25.6 Å². The topological polar surface area (TPSA) is 54.9 Å². The van der Waals surface area contributed by atoms with Crippen LogP contribution in [0.15, 0.2) is 6.33 Å². The summed E-state index contributed by atoms with van der Waals surface area (Å²) in [4.78, 5) is 18.8. The summed E-state index contributed by atoms with van der Waals surface area (Å²) in [6, 6.07) is 0. The molecule has 92 valence electrons. The summed E-state index contributed by atoms with van der Waals surface area (Å²) in [5.74, 6) is 0.528. The van der Waals surface area contributed by atoms with E-state index in [-0.39, 0.29) is 9.90 Å². The van der Waals surface area contributed by atoms with Gasteiger partial charge in [-0.3, -0.25) is 4.79 Å². The molecule has 0 bridgehead atoms. The van der Waals surface area contributed by atoms with Crippen LogP contribution in [0, 0.1) is 0 Å². The summed E-state index contributed by atoms with van der Waals surface area (Å²) in [5.41, 5.74) is 0.338. The number of nitrogens with zero attached hydrogens (tertiary/aromatic N) is 2. The maximum Gasteiger partial charge on any atom is 0.156 e. The third kappa shape index (κ3) is 2.55. The lowest BCUT2D eigenvalue weighted by atomic mass is 9.84. The van der Waals surface area contributed by atoms with Crippen molar-refractivity contribution in [1.29, 1.82) is 0 Å². The summed E-state index contributed by atoms with van der Waals surface area (Å²) in [7, 11) is 0. The van der Waals surface area contributed by atoms with Crippen LogP contribution in [0.2, 0.25) is 5.15 Å². The standard InChI is InChI=1S/C11H14ClN3OS/c1-17-11(3-2-4-11)6-13-10-8(5-16)9(12)14-7-15-10/h5,7H,2-4,6H2,1H3,(H,13,14,15). The number of hydrogen-bond acceptors (Lipinski definition) is 5. The number of thioether (sulfide) groups is 1. The minimum atomic E-state index is 0.198. The van der Waals surface area contributed by atoms with Crippen molar-refractivity contribution < 1.29 is 4.79 Å². The molecule has 4 nitrogen and oxygen atoms in total. The second kappa shape index (κ2) is 5.23. The van der Waals surface area contributed by atoms with Gasteiger partial charge in [-0.15, -0.1) is 0 Å². The highest BCUT2D eigenvalue weighted by Crippen LogP contribution is 2.42. The average molecular weight is 272 g/mol. The lowest BCUT2D eigenvalue weighted by molar-refractivity contribution is 0.112. The Balaban J connectivity index is 2.08. The van der Waals surface area contributed by atoms with Gasteiger partial charge in [-0.25, -0.2) is 9.97 Å². The Morgan fingerprint density at radius 2 is 2.35 bits per heavy atom. The second-order valence-electron chi connectivity index (χ2n) is 4.14. The van der Waals surface area contributed by atoms with E-state index in [0.29, 0.717) is 17.7 Å². The van der Waals surface area contributed by atoms with Crippen LogP contribution in [-0.2, 0) is 0 Å². The molecule has 0 radical (unpaired) electrons. The summed E-state index contributed by atoms with van der Waals surface area (Å²) in [6.45, 7) is 0.808. The monoisotopic (exact) mass is 271 g/mol. The molecule has 0 spiro atoms. The predicted molar refractivity (Wildman–Crippen MR) is 71.0 cm³/mol. The first-order chi connectivity index (χ1) is 8.21. The third-order valence-corrected chi connectivity index (χ3v) is 4.95. The van der Waals surface area contributed by atoms with Gasteiger partial charge in [-0.1, -0.05) is 18.0 Å². The smallest absolute Gasteiger partial charge is 0.156 e. The maximum absolute atomic E-state index is 10.9. The minimum Gasteiger partial charge on any atom is -0.368 e. The molecule has 1 N–H and O–H groups in total. The second-order valence-corrected chi connectivity index (χ2v) is 5.77. The van der Waals surface area contributed by atoms with Crippen LogP contribution < -0.4 is 5.32 Å². The molecule has 1 aromatic rings. The average Bonchev–Trinajstić information content (AvgIpc) is 2.28. The maximum atomic E-state index is 10.9. The van der Waals surface area contributed by atoms with Gasteiger partial charge >= 0.3 is 0 Å². The van der Waals surface area contributed by atoms with Gasteiger partial charge in [0, 0.05) is 11.3 Å². The molecule has 1 aliphatic carbocycles. The molecule has 0 unspecified atom stereocenters. The first kappa shape index (κ1) is 12.6. The van der Waals surface area contributed by atoms with Gasteiger partial charge in [0.25, 0.3) is 0 Å². The SMILES string of the molecule is CSC1(CNc2ncnc(Cl)c2C=O)CCC1. The van der Waals surface area contributed by atoms with Crippen LogP contribution in [0.4, 0.5) is 5.82 Å². The molecule has 1 aromatic heterocycles. The fraction of sp³-hybridized carbons (Fsp3) is 0.545. The molecule has 0 aliphatic heterocycles. The van der Waals surface area contributed by atoms with Crippen molar-refractivity contribution in [3.05, 3.63) is 17.0 Å². The largest absolute Gasteiger partial charge is 0.368 e. The molecule has 17 heavy (non-hydrogen) atoms. The molecule has 0 aromatic carbocycles. The fourth-order valence-corrected chi connectivity index (χ4v) is 2.98. The Morgan fingerprint density at radius 3 is 2.88 bits per heavy atom. The molecular weight excluding hydrogens is 258 g/mol. The molecule has 6 heteroatoms. The normalized spacial score (nSPS) is 17.3. The number of carbonyl (C=O) groups excluding carboxylic acids is 1. The van der Waals surface area contributed by atoms with Crippen molar-refractivity contribution in [2.75, 3.05) is 18.1 Å². The van der Waals surface area contributed by atoms with Gasteiger partial charge in [-0.05, 0) is 19.1 Å². The Morgan fingerprint density at radius 1 is 1.59 bits per heavy atom. The Bertz CT molecular complexity index is 418. The van der Waals surface area contributed by atoms with Crippen molar-refractivity contribution in [3.8, 4) is 0 Å². The molecule has 0 amide bonds. The number of halogens is 1. The number of nitrogens with one attached hydrogen (secondary N) is 1. The van der Waals surface area contributed by atoms with E-state index in [1.54, 1.807) is 0 Å². The van der Waals surface area contributed by atoms with Crippen LogP contribution in [0.1, 0.15) is 29.6 Å². The molecule has 2 rings (SSSR count). The van der Waals surface area contributed by atoms with Crippen LogP contribution in [0.3, 0.4) is 0 Å². The van der Waals surface area contributed by atoms with E-state index in [1.807, 2.05) is 11.8 Å². The predicted octanol–water partition coefficient (Wildman–Crippen LogP) is 2.64. The molecule has 1 fully saturated rings. The van der Waals surface area contributed by atoms with Gasteiger partial charge in [-0.2, -0.15) is 11.8 Å². The third-order valence-electron chi connectivity index (χ3n) is 3.23. The van der Waals surface area contributed by atoms with Gasteiger partial charge in [0.15, 0.2) is 6.29 Å². The van der Waals surface area contributed by atoms with Crippen molar-refractivity contribution >= 4 is 35.5 Å². The van der Waals surface area contributed by atoms with E-state index in [4.69, 9.17) is 11.6 Å². The summed E-state index contributed by atoms with van der Waals surface area (Å²) >= 11 is 7.70. The molecule has 1 saturated carbocycles. The van der Waals surface area contributed by atoms with Gasteiger partial charge in [0.2, 0.25) is 0 Å². The van der Waals surface area contributed by atoms with Crippen molar-refractivity contribution in [1.82, 2.24) is 9.97 Å². The number of hydrogen-bond donors (Lipinski definition) is 1. The number of aldehydes is 1. The van der Waals surface area contributed by atoms with Crippen molar-refractivity contribution in [2.24, 2.45) is 0 Å². The van der Waals surface area contributed by atoms with Crippen LogP contribution in [0.5, 0.6) is 0 Å². The lowest BCUT2D eigenvalue weighted by Gasteiger charge is -2.40. The van der Waals surface area contributed by atoms with E-state index < -0.39 is 0 Å². The molecule has 1 heterocycles. The highest BCUT2D eigenvalue weighted by molar-refractivity contribution is 8.00. The first-order valence-electron chi connectivity index (χ1n) is 5.45. The van der Waals surface area contributed by atoms with Crippen LogP contribution in [0.25, 0.3) is 0 Å². The van der Waals surface area contributed by atoms with Crippen molar-refractivity contribution in [2.45, 2.75) is 24.0 Å². The van der Waals surface area contributed by atoms with Crippen LogP contribution >= 0.6 is 23.4 Å². The zero-order valence-corrected chi connectivity index (χ0v) is 11.1. The van der Waals surface area contributed by atoms with Gasteiger partial charge in [0.05, 0.1) is 5.56 Å². The van der Waals surface area contributed by atoms with Gasteiger partial charge in [0.1, 0.15) is 17.3 Å². The van der Waals surface area contributed by atoms with Crippen molar-refractivity contribution in [3.63, 3.8) is 0 Å². The minimum absolute atomic E-state index is 0.198. The summed E-state index contributed by atoms with van der Waals surface area (Å²) in [6.07, 6.45) is 7.86. The van der Waals surface area contributed by atoms with Gasteiger partial charge < -0.3 is 5.32 Å². The highest BCUT2D eigenvalue weighted by atomic mass is 35.5. The number of aromatic nitrogens is 2. The number of rotatable bonds is 5. The molecule has 0 atom stereocenters. The Kier molecular flexibility index (Phi) is 3.89. The highest BCUT2D eigenvalue weighted by Gasteiger charge is 2.36. The molecular formula is C11H14ClN3OS. The fourth-order valence-electron chi connectivity index (χ4n) is 1.89. The van der Waals surface area contributed by atoms with Crippen LogP contribution in [-0.4, -0.2) is 33.8 Å². The first-order valence-corrected chi connectivity index (χ1v) is 7.06. The summed E-state index contributed by atoms with van der Waals surface area (Å²) < 4.78 is 0.289. The number of carbonyl (C=O) groups is 1. The molecule has 0 saturated heterocycles. The summed E-state index contributed by atoms with van der Waals surface area (Å²) in [5, 5.41) is 3.41. The van der Waals surface area contributed by atoms with E-state index in [0.717, 1.165) is 6.54 Å². The zero-order valence-electron chi connectivity index (χ0n) is 9.57. The quantitative estimate of drug-likeness (QED) is 0.659. The van der Waals surface area contributed by atoms with E-state index in [9.17, 15) is 4.79 Å². The van der Waals surface area contributed by atoms with E-state index in [2.05, 4.69) is 21.5 Å². The van der Waals surface area contributed by atoms with E-state index >= 15 is 0 Å². The lowest BCUT2D eigenvalue weighted by Crippen LogP contribution is -2.40. The Labute approximate surface area is 110 Å². The Hall–Kier alpha value is -0.810. The number of anilines is 1. The zero-order chi connectivity index (χ0) is 12.3.